The van der Waals surface area contributed by atoms with Crippen molar-refractivity contribution >= 4 is 5.91 Å². The van der Waals surface area contributed by atoms with E-state index in [1.807, 2.05) is 15.6 Å². The van der Waals surface area contributed by atoms with Gasteiger partial charge >= 0.3 is 0 Å². The molecule has 1 aromatic heterocycles. The zero-order chi connectivity index (χ0) is 13.4. The number of carbonyl (C=O) groups is 1. The van der Waals surface area contributed by atoms with Crippen LogP contribution in [-0.2, 0) is 13.1 Å². The topological polar surface area (TPSA) is 41.4 Å². The Bertz CT molecular complexity index is 474. The van der Waals surface area contributed by atoms with E-state index in [9.17, 15) is 4.79 Å². The lowest BCUT2D eigenvalue weighted by Gasteiger charge is -2.30. The molecule has 19 heavy (non-hydrogen) atoms. The van der Waals surface area contributed by atoms with E-state index >= 15 is 0 Å². The van der Waals surface area contributed by atoms with E-state index in [1.165, 1.54) is 5.69 Å². The van der Waals surface area contributed by atoms with Crippen molar-refractivity contribution in [1.82, 2.24) is 19.6 Å². The molecule has 0 unspecified atom stereocenters. The normalized spacial score (nSPS) is 20.1. The van der Waals surface area contributed by atoms with Crippen LogP contribution in [0.25, 0.3) is 0 Å². The maximum absolute atomic E-state index is 12.3. The van der Waals surface area contributed by atoms with Crippen molar-refractivity contribution in [3.05, 3.63) is 17.5 Å². The van der Waals surface area contributed by atoms with Gasteiger partial charge in [0.2, 0.25) is 0 Å². The summed E-state index contributed by atoms with van der Waals surface area (Å²) in [5.41, 5.74) is 1.80. The smallest absolute Gasteiger partial charge is 0.274 e. The Morgan fingerprint density at radius 1 is 1.21 bits per heavy atom. The summed E-state index contributed by atoms with van der Waals surface area (Å²) in [6.45, 7) is 9.01. The van der Waals surface area contributed by atoms with Crippen LogP contribution >= 0.6 is 0 Å². The first-order valence-electron chi connectivity index (χ1n) is 7.25. The first-order chi connectivity index (χ1) is 9.15. The van der Waals surface area contributed by atoms with Gasteiger partial charge in [0.05, 0.1) is 12.2 Å². The Hall–Kier alpha value is -1.36. The van der Waals surface area contributed by atoms with Gasteiger partial charge in [-0.05, 0) is 32.8 Å². The minimum Gasteiger partial charge on any atom is -0.337 e. The van der Waals surface area contributed by atoms with Crippen molar-refractivity contribution in [2.45, 2.75) is 45.8 Å². The molecule has 0 aliphatic carbocycles. The molecule has 0 aromatic carbocycles. The number of fused-ring (bicyclic) bond motifs is 1. The molecule has 0 spiro atoms. The van der Waals surface area contributed by atoms with E-state index in [1.54, 1.807) is 0 Å². The molecule has 1 fully saturated rings. The van der Waals surface area contributed by atoms with E-state index < -0.39 is 0 Å². The highest BCUT2D eigenvalue weighted by Crippen LogP contribution is 2.18. The molecule has 1 amide bonds. The second-order valence-electron chi connectivity index (χ2n) is 5.81. The third-order valence-corrected chi connectivity index (χ3v) is 4.17. The first kappa shape index (κ1) is 12.7. The largest absolute Gasteiger partial charge is 0.337 e. The highest BCUT2D eigenvalue weighted by atomic mass is 16.2. The van der Waals surface area contributed by atoms with Crippen molar-refractivity contribution in [2.75, 3.05) is 19.6 Å². The van der Waals surface area contributed by atoms with Crippen molar-refractivity contribution in [3.8, 4) is 0 Å². The van der Waals surface area contributed by atoms with Crippen molar-refractivity contribution in [2.24, 2.45) is 0 Å². The maximum atomic E-state index is 12.3. The zero-order valence-corrected chi connectivity index (χ0v) is 11.8. The number of carbonyl (C=O) groups excluding carboxylic acids is 1. The fraction of sp³-hybridized carbons (Fsp3) is 0.714. The van der Waals surface area contributed by atoms with Crippen LogP contribution in [0.2, 0.25) is 0 Å². The fourth-order valence-electron chi connectivity index (χ4n) is 2.91. The molecule has 5 heteroatoms. The van der Waals surface area contributed by atoms with Gasteiger partial charge in [-0.2, -0.15) is 5.10 Å². The van der Waals surface area contributed by atoms with Gasteiger partial charge in [-0.25, -0.2) is 0 Å². The number of nitrogens with zero attached hydrogens (tertiary/aromatic N) is 4. The van der Waals surface area contributed by atoms with Crippen LogP contribution in [0.15, 0.2) is 6.07 Å². The van der Waals surface area contributed by atoms with E-state index in [-0.39, 0.29) is 5.91 Å². The summed E-state index contributed by atoms with van der Waals surface area (Å²) in [6.07, 6.45) is 2.25. The Morgan fingerprint density at radius 3 is 2.63 bits per heavy atom. The molecule has 0 bridgehead atoms. The van der Waals surface area contributed by atoms with Crippen LogP contribution in [-0.4, -0.2) is 51.2 Å². The molecule has 2 aliphatic heterocycles. The molecular weight excluding hydrogens is 240 g/mol. The molecule has 3 heterocycles. The van der Waals surface area contributed by atoms with E-state index in [4.69, 9.17) is 0 Å². The summed E-state index contributed by atoms with van der Waals surface area (Å²) in [7, 11) is 0. The predicted molar refractivity (Wildman–Crippen MR) is 72.9 cm³/mol. The van der Waals surface area contributed by atoms with Gasteiger partial charge in [0, 0.05) is 32.2 Å². The lowest BCUT2D eigenvalue weighted by Crippen LogP contribution is -2.38. The summed E-state index contributed by atoms with van der Waals surface area (Å²) >= 11 is 0. The SMILES string of the molecule is CC(C)N1CCn2nc(C(=O)N3CCCC3)cc2C1. The van der Waals surface area contributed by atoms with Crippen LogP contribution in [0.4, 0.5) is 0 Å². The first-order valence-corrected chi connectivity index (χ1v) is 7.25. The van der Waals surface area contributed by atoms with Gasteiger partial charge in [-0.3, -0.25) is 14.4 Å². The highest BCUT2D eigenvalue weighted by Gasteiger charge is 2.25. The maximum Gasteiger partial charge on any atom is 0.274 e. The van der Waals surface area contributed by atoms with Crippen molar-refractivity contribution in [1.29, 1.82) is 0 Å². The molecule has 2 aliphatic rings. The zero-order valence-electron chi connectivity index (χ0n) is 11.8. The molecule has 1 saturated heterocycles. The van der Waals surface area contributed by atoms with Gasteiger partial charge < -0.3 is 4.90 Å². The number of likely N-dealkylation sites (tertiary alicyclic amines) is 1. The lowest BCUT2D eigenvalue weighted by molar-refractivity contribution is 0.0785. The molecule has 0 atom stereocenters. The van der Waals surface area contributed by atoms with Gasteiger partial charge in [0.25, 0.3) is 5.91 Å². The van der Waals surface area contributed by atoms with Crippen LogP contribution in [0.3, 0.4) is 0 Å². The van der Waals surface area contributed by atoms with Gasteiger partial charge in [-0.15, -0.1) is 0 Å². The summed E-state index contributed by atoms with van der Waals surface area (Å²) in [5, 5.41) is 4.49. The minimum absolute atomic E-state index is 0.107. The third-order valence-electron chi connectivity index (χ3n) is 4.17. The molecule has 5 nitrogen and oxygen atoms in total. The number of amides is 1. The molecule has 104 valence electrons. The van der Waals surface area contributed by atoms with E-state index in [2.05, 4.69) is 23.8 Å². The molecule has 0 saturated carbocycles. The Balaban J connectivity index is 1.77. The van der Waals surface area contributed by atoms with Gasteiger partial charge in [0.15, 0.2) is 5.69 Å². The van der Waals surface area contributed by atoms with E-state index in [0.717, 1.165) is 45.6 Å². The fourth-order valence-corrected chi connectivity index (χ4v) is 2.91. The summed E-state index contributed by atoms with van der Waals surface area (Å²) in [6, 6.07) is 2.52. The molecule has 3 rings (SSSR count). The lowest BCUT2D eigenvalue weighted by atomic mass is 10.2. The van der Waals surface area contributed by atoms with Crippen molar-refractivity contribution in [3.63, 3.8) is 0 Å². The Labute approximate surface area is 114 Å². The number of hydrogen-bond acceptors (Lipinski definition) is 3. The summed E-state index contributed by atoms with van der Waals surface area (Å²) in [5.74, 6) is 0.107. The average molecular weight is 262 g/mol. The molecule has 0 N–H and O–H groups in total. The van der Waals surface area contributed by atoms with Crippen molar-refractivity contribution < 1.29 is 4.79 Å². The van der Waals surface area contributed by atoms with Crippen LogP contribution in [0, 0.1) is 0 Å². The van der Waals surface area contributed by atoms with Gasteiger partial charge in [0.1, 0.15) is 0 Å². The van der Waals surface area contributed by atoms with Crippen LogP contribution in [0.1, 0.15) is 42.9 Å². The number of aromatic nitrogens is 2. The van der Waals surface area contributed by atoms with Gasteiger partial charge in [-0.1, -0.05) is 0 Å². The molecule has 0 radical (unpaired) electrons. The van der Waals surface area contributed by atoms with Crippen LogP contribution < -0.4 is 0 Å². The van der Waals surface area contributed by atoms with E-state index in [0.29, 0.717) is 11.7 Å². The third kappa shape index (κ3) is 2.39. The molecular formula is C14H22N4O. The monoisotopic (exact) mass is 262 g/mol. The highest BCUT2D eigenvalue weighted by molar-refractivity contribution is 5.92. The second-order valence-corrected chi connectivity index (χ2v) is 5.81. The summed E-state index contributed by atoms with van der Waals surface area (Å²) < 4.78 is 2.00. The van der Waals surface area contributed by atoms with Crippen LogP contribution in [0.5, 0.6) is 0 Å². The second kappa shape index (κ2) is 4.96. The Morgan fingerprint density at radius 2 is 1.95 bits per heavy atom. The average Bonchev–Trinajstić information content (AvgIpc) is 3.06. The quantitative estimate of drug-likeness (QED) is 0.807. The predicted octanol–water partition coefficient (Wildman–Crippen LogP) is 1.34. The summed E-state index contributed by atoms with van der Waals surface area (Å²) in [4.78, 5) is 16.7. The number of hydrogen-bond donors (Lipinski definition) is 0. The minimum atomic E-state index is 0.107. The Kier molecular flexibility index (Phi) is 3.31. The molecule has 1 aromatic rings. The standard InChI is InChI=1S/C14H22N4O/c1-11(2)17-7-8-18-12(10-17)9-13(15-18)14(19)16-5-3-4-6-16/h9,11H,3-8,10H2,1-2H3. The number of rotatable bonds is 2.